The minimum absolute atomic E-state index is 0.792. The van der Waals surface area contributed by atoms with Crippen LogP contribution in [0.1, 0.15) is 5.69 Å². The fourth-order valence-electron chi connectivity index (χ4n) is 2.98. The van der Waals surface area contributed by atoms with E-state index in [2.05, 4.69) is 50.5 Å². The van der Waals surface area contributed by atoms with E-state index in [1.807, 2.05) is 30.6 Å². The van der Waals surface area contributed by atoms with E-state index in [0.29, 0.717) is 0 Å². The molecule has 0 unspecified atom stereocenters. The summed E-state index contributed by atoms with van der Waals surface area (Å²) in [5.74, 6) is 0. The zero-order chi connectivity index (χ0) is 17.2. The van der Waals surface area contributed by atoms with Gasteiger partial charge >= 0.3 is 0 Å². The van der Waals surface area contributed by atoms with Crippen LogP contribution in [-0.2, 0) is 6.54 Å². The van der Waals surface area contributed by atoms with Gasteiger partial charge in [0.25, 0.3) is 0 Å². The SMILES string of the molecule is CN(C)CCNCc1cc2c(-c3cnn4ncccc34)ccnc2[nH]1. The van der Waals surface area contributed by atoms with Crippen LogP contribution < -0.4 is 5.32 Å². The predicted octanol–water partition coefficient (Wildman–Crippen LogP) is 1.92. The molecule has 0 radical (unpaired) electrons. The molecule has 25 heavy (non-hydrogen) atoms. The summed E-state index contributed by atoms with van der Waals surface area (Å²) >= 11 is 0. The molecule has 0 aliphatic carbocycles. The molecule has 4 heterocycles. The van der Waals surface area contributed by atoms with E-state index in [-0.39, 0.29) is 0 Å². The van der Waals surface area contributed by atoms with Crippen LogP contribution in [0.5, 0.6) is 0 Å². The van der Waals surface area contributed by atoms with Gasteiger partial charge in [0.2, 0.25) is 0 Å². The first-order valence-corrected chi connectivity index (χ1v) is 8.34. The summed E-state index contributed by atoms with van der Waals surface area (Å²) in [7, 11) is 4.15. The summed E-state index contributed by atoms with van der Waals surface area (Å²) in [6, 6.07) is 8.15. The lowest BCUT2D eigenvalue weighted by Gasteiger charge is -2.09. The highest BCUT2D eigenvalue weighted by molar-refractivity contribution is 5.97. The zero-order valence-corrected chi connectivity index (χ0v) is 14.4. The monoisotopic (exact) mass is 335 g/mol. The molecule has 0 atom stereocenters. The van der Waals surface area contributed by atoms with Crippen molar-refractivity contribution in [3.05, 3.63) is 48.5 Å². The Balaban J connectivity index is 1.66. The number of hydrogen-bond acceptors (Lipinski definition) is 5. The van der Waals surface area contributed by atoms with Gasteiger partial charge in [-0.05, 0) is 43.9 Å². The Morgan fingerprint density at radius 3 is 2.96 bits per heavy atom. The highest BCUT2D eigenvalue weighted by atomic mass is 15.4. The van der Waals surface area contributed by atoms with Crippen molar-refractivity contribution in [3.63, 3.8) is 0 Å². The van der Waals surface area contributed by atoms with Gasteiger partial charge in [-0.3, -0.25) is 0 Å². The first kappa shape index (κ1) is 15.7. The van der Waals surface area contributed by atoms with Gasteiger partial charge in [0, 0.05) is 48.7 Å². The van der Waals surface area contributed by atoms with Crippen molar-refractivity contribution in [2.45, 2.75) is 6.54 Å². The number of nitrogens with one attached hydrogen (secondary N) is 2. The van der Waals surface area contributed by atoms with E-state index in [0.717, 1.165) is 53.0 Å². The molecule has 0 spiro atoms. The number of fused-ring (bicyclic) bond motifs is 2. The van der Waals surface area contributed by atoms with Crippen molar-refractivity contribution in [2.24, 2.45) is 0 Å². The third kappa shape index (κ3) is 3.11. The number of likely N-dealkylation sites (N-methyl/N-ethyl adjacent to an activating group) is 1. The molecule has 0 aliphatic heterocycles. The average molecular weight is 335 g/mol. The zero-order valence-electron chi connectivity index (χ0n) is 14.4. The first-order chi connectivity index (χ1) is 12.2. The van der Waals surface area contributed by atoms with Crippen LogP contribution in [0, 0.1) is 0 Å². The third-order valence-electron chi connectivity index (χ3n) is 4.23. The van der Waals surface area contributed by atoms with Gasteiger partial charge in [0.1, 0.15) is 5.65 Å². The second kappa shape index (κ2) is 6.62. The van der Waals surface area contributed by atoms with Gasteiger partial charge in [-0.15, -0.1) is 0 Å². The highest BCUT2D eigenvalue weighted by Gasteiger charge is 2.12. The Bertz CT molecular complexity index is 999. The molecule has 7 nitrogen and oxygen atoms in total. The van der Waals surface area contributed by atoms with E-state index in [1.165, 1.54) is 0 Å². The summed E-state index contributed by atoms with van der Waals surface area (Å²) in [5.41, 5.74) is 5.19. The molecule has 4 aromatic rings. The minimum Gasteiger partial charge on any atom is -0.342 e. The molecule has 0 saturated heterocycles. The number of rotatable bonds is 6. The van der Waals surface area contributed by atoms with Crippen molar-refractivity contribution < 1.29 is 0 Å². The number of pyridine rings is 1. The van der Waals surface area contributed by atoms with Gasteiger partial charge in [-0.2, -0.15) is 14.8 Å². The Hall–Kier alpha value is -2.77. The number of nitrogens with zero attached hydrogens (tertiary/aromatic N) is 5. The molecule has 0 aromatic carbocycles. The molecular weight excluding hydrogens is 314 g/mol. The quantitative estimate of drug-likeness (QED) is 0.527. The van der Waals surface area contributed by atoms with E-state index >= 15 is 0 Å². The predicted molar refractivity (Wildman–Crippen MR) is 98.3 cm³/mol. The van der Waals surface area contributed by atoms with Crippen molar-refractivity contribution in [1.29, 1.82) is 0 Å². The lowest BCUT2D eigenvalue weighted by molar-refractivity contribution is 0.399. The summed E-state index contributed by atoms with van der Waals surface area (Å²) in [6.07, 6.45) is 5.43. The van der Waals surface area contributed by atoms with Crippen molar-refractivity contribution >= 4 is 16.6 Å². The fourth-order valence-corrected chi connectivity index (χ4v) is 2.98. The van der Waals surface area contributed by atoms with Crippen LogP contribution in [0.4, 0.5) is 0 Å². The normalized spacial score (nSPS) is 11.8. The summed E-state index contributed by atoms with van der Waals surface area (Å²) in [4.78, 5) is 10.0. The lowest BCUT2D eigenvalue weighted by Crippen LogP contribution is -2.26. The molecular formula is C18H21N7. The second-order valence-corrected chi connectivity index (χ2v) is 6.35. The molecule has 0 amide bonds. The standard InChI is InChI=1S/C18H21N7/c1-24(2)9-8-19-11-13-10-15-14(5-7-20-18(15)23-13)16-12-22-25-17(16)4-3-6-21-25/h3-7,10,12,19H,8-9,11H2,1-2H3,(H,20,23). The van der Waals surface area contributed by atoms with Gasteiger partial charge < -0.3 is 15.2 Å². The second-order valence-electron chi connectivity index (χ2n) is 6.35. The molecule has 0 aliphatic rings. The smallest absolute Gasteiger partial charge is 0.138 e. The van der Waals surface area contributed by atoms with Crippen molar-refractivity contribution in [1.82, 2.24) is 35.0 Å². The number of aromatic nitrogens is 5. The molecule has 2 N–H and O–H groups in total. The Morgan fingerprint density at radius 2 is 2.08 bits per heavy atom. The lowest BCUT2D eigenvalue weighted by atomic mass is 10.1. The van der Waals surface area contributed by atoms with Crippen molar-refractivity contribution in [3.8, 4) is 11.1 Å². The van der Waals surface area contributed by atoms with E-state index < -0.39 is 0 Å². The summed E-state index contributed by atoms with van der Waals surface area (Å²) in [6.45, 7) is 2.75. The molecule has 128 valence electrons. The van der Waals surface area contributed by atoms with Crippen LogP contribution in [-0.4, -0.2) is 56.9 Å². The maximum Gasteiger partial charge on any atom is 0.138 e. The molecule has 0 fully saturated rings. The molecule has 4 rings (SSSR count). The molecule has 4 aromatic heterocycles. The fraction of sp³-hybridized carbons (Fsp3) is 0.278. The van der Waals surface area contributed by atoms with E-state index in [4.69, 9.17) is 0 Å². The van der Waals surface area contributed by atoms with Crippen LogP contribution in [0.2, 0.25) is 0 Å². The third-order valence-corrected chi connectivity index (χ3v) is 4.23. The maximum atomic E-state index is 4.47. The van der Waals surface area contributed by atoms with Gasteiger partial charge in [0.05, 0.1) is 11.7 Å². The minimum atomic E-state index is 0.792. The van der Waals surface area contributed by atoms with Crippen LogP contribution in [0.25, 0.3) is 27.7 Å². The number of aromatic amines is 1. The topological polar surface area (TPSA) is 74.1 Å². The summed E-state index contributed by atoms with van der Waals surface area (Å²) < 4.78 is 1.65. The highest BCUT2D eigenvalue weighted by Crippen LogP contribution is 2.30. The maximum absolute atomic E-state index is 4.47. The molecule has 7 heteroatoms. The van der Waals surface area contributed by atoms with Crippen LogP contribution >= 0.6 is 0 Å². The average Bonchev–Trinajstić information content (AvgIpc) is 3.22. The first-order valence-electron chi connectivity index (χ1n) is 8.34. The Labute approximate surface area is 145 Å². The number of H-pyrrole nitrogens is 1. The Kier molecular flexibility index (Phi) is 4.17. The largest absolute Gasteiger partial charge is 0.342 e. The molecule has 0 saturated carbocycles. The van der Waals surface area contributed by atoms with Gasteiger partial charge in [-0.1, -0.05) is 0 Å². The summed E-state index contributed by atoms with van der Waals surface area (Å²) in [5, 5.41) is 13.1. The van der Waals surface area contributed by atoms with Gasteiger partial charge in [0.15, 0.2) is 0 Å². The van der Waals surface area contributed by atoms with Crippen LogP contribution in [0.15, 0.2) is 42.9 Å². The van der Waals surface area contributed by atoms with Crippen molar-refractivity contribution in [2.75, 3.05) is 27.2 Å². The molecule has 0 bridgehead atoms. The van der Waals surface area contributed by atoms with Crippen LogP contribution in [0.3, 0.4) is 0 Å². The van der Waals surface area contributed by atoms with E-state index in [1.54, 1.807) is 10.8 Å². The Morgan fingerprint density at radius 1 is 1.16 bits per heavy atom. The van der Waals surface area contributed by atoms with E-state index in [9.17, 15) is 0 Å². The number of hydrogen-bond donors (Lipinski definition) is 2. The van der Waals surface area contributed by atoms with Gasteiger partial charge in [-0.25, -0.2) is 4.98 Å².